The van der Waals surface area contributed by atoms with E-state index in [0.717, 1.165) is 5.56 Å². The van der Waals surface area contributed by atoms with Gasteiger partial charge in [-0.3, -0.25) is 0 Å². The van der Waals surface area contributed by atoms with Gasteiger partial charge in [-0.1, -0.05) is 6.07 Å². The van der Waals surface area contributed by atoms with Crippen LogP contribution < -0.4 is 10.9 Å². The van der Waals surface area contributed by atoms with Gasteiger partial charge in [0.05, 0.1) is 6.61 Å². The number of hydrogen-bond donors (Lipinski definition) is 3. The van der Waals surface area contributed by atoms with Gasteiger partial charge in [0, 0.05) is 18.8 Å². The van der Waals surface area contributed by atoms with Crippen molar-refractivity contribution >= 4 is 5.82 Å². The molecule has 0 amide bonds. The Hall–Kier alpha value is -1.13. The largest absolute Gasteiger partial charge is 0.392 e. The monoisotopic (exact) mass is 153 g/mol. The minimum Gasteiger partial charge on any atom is -0.392 e. The molecule has 0 atom stereocenters. The summed E-state index contributed by atoms with van der Waals surface area (Å²) in [6.45, 7) is -0.00213. The van der Waals surface area contributed by atoms with E-state index >= 15 is 0 Å². The first kappa shape index (κ1) is 7.97. The van der Waals surface area contributed by atoms with Crippen LogP contribution in [0.1, 0.15) is 5.56 Å². The maximum absolute atomic E-state index is 8.84. The van der Waals surface area contributed by atoms with Gasteiger partial charge in [-0.05, 0) is 6.07 Å². The molecule has 0 saturated heterocycles. The summed E-state index contributed by atoms with van der Waals surface area (Å²) in [4.78, 5) is 4.01. The molecule has 1 aromatic heterocycles. The Labute approximate surface area is 65.2 Å². The summed E-state index contributed by atoms with van der Waals surface area (Å²) < 4.78 is 0. The lowest BCUT2D eigenvalue weighted by Gasteiger charge is -2.06. The molecule has 0 aromatic carbocycles. The second kappa shape index (κ2) is 3.90. The average Bonchev–Trinajstić information content (AvgIpc) is 2.06. The SMILES string of the molecule is CNNc1ncccc1CO. The Kier molecular flexibility index (Phi) is 2.83. The summed E-state index contributed by atoms with van der Waals surface area (Å²) in [5.74, 6) is 0.664. The predicted octanol–water partition coefficient (Wildman–Crippen LogP) is 0.120. The fourth-order valence-electron chi connectivity index (χ4n) is 0.797. The zero-order chi connectivity index (χ0) is 8.10. The van der Waals surface area contributed by atoms with E-state index < -0.39 is 0 Å². The number of pyridine rings is 1. The lowest BCUT2D eigenvalue weighted by molar-refractivity contribution is 0.282. The molecular weight excluding hydrogens is 142 g/mol. The lowest BCUT2D eigenvalue weighted by Crippen LogP contribution is -2.17. The maximum Gasteiger partial charge on any atom is 0.145 e. The quantitative estimate of drug-likeness (QED) is 0.540. The molecular formula is C7H11N3O. The van der Waals surface area contributed by atoms with E-state index in [4.69, 9.17) is 5.11 Å². The smallest absolute Gasteiger partial charge is 0.145 e. The summed E-state index contributed by atoms with van der Waals surface area (Å²) in [7, 11) is 1.75. The van der Waals surface area contributed by atoms with Gasteiger partial charge in [0.2, 0.25) is 0 Å². The van der Waals surface area contributed by atoms with Crippen LogP contribution in [0.15, 0.2) is 18.3 Å². The van der Waals surface area contributed by atoms with Gasteiger partial charge in [-0.2, -0.15) is 0 Å². The number of hydrogen-bond acceptors (Lipinski definition) is 4. The van der Waals surface area contributed by atoms with E-state index in [1.165, 1.54) is 0 Å². The van der Waals surface area contributed by atoms with Crippen LogP contribution in [0.3, 0.4) is 0 Å². The van der Waals surface area contributed by atoms with Crippen molar-refractivity contribution in [2.24, 2.45) is 0 Å². The minimum absolute atomic E-state index is 0.00213. The van der Waals surface area contributed by atoms with Gasteiger partial charge >= 0.3 is 0 Å². The van der Waals surface area contributed by atoms with Gasteiger partial charge in [0.25, 0.3) is 0 Å². The first-order valence-corrected chi connectivity index (χ1v) is 3.36. The molecule has 0 spiro atoms. The van der Waals surface area contributed by atoms with Crippen LogP contribution >= 0.6 is 0 Å². The van der Waals surface area contributed by atoms with Crippen molar-refractivity contribution in [1.29, 1.82) is 0 Å². The molecule has 1 rings (SSSR count). The number of aromatic nitrogens is 1. The summed E-state index contributed by atoms with van der Waals surface area (Å²) >= 11 is 0. The first-order valence-electron chi connectivity index (χ1n) is 3.36. The first-order chi connectivity index (χ1) is 5.38. The fraction of sp³-hybridized carbons (Fsp3) is 0.286. The molecule has 60 valence electrons. The molecule has 1 heterocycles. The highest BCUT2D eigenvalue weighted by Crippen LogP contribution is 2.08. The molecule has 0 bridgehead atoms. The highest BCUT2D eigenvalue weighted by atomic mass is 16.3. The van der Waals surface area contributed by atoms with Crippen LogP contribution in [0.5, 0.6) is 0 Å². The van der Waals surface area contributed by atoms with Crippen LogP contribution in [0.2, 0.25) is 0 Å². The third kappa shape index (κ3) is 1.89. The van der Waals surface area contributed by atoms with Gasteiger partial charge in [-0.15, -0.1) is 0 Å². The molecule has 1 aromatic rings. The second-order valence-corrected chi connectivity index (χ2v) is 2.04. The Morgan fingerprint density at radius 2 is 2.45 bits per heavy atom. The molecule has 4 nitrogen and oxygen atoms in total. The van der Waals surface area contributed by atoms with Crippen molar-refractivity contribution in [1.82, 2.24) is 10.4 Å². The van der Waals surface area contributed by atoms with Crippen molar-refractivity contribution in [3.05, 3.63) is 23.9 Å². The van der Waals surface area contributed by atoms with E-state index in [1.807, 2.05) is 6.07 Å². The zero-order valence-corrected chi connectivity index (χ0v) is 6.33. The molecule has 11 heavy (non-hydrogen) atoms. The van der Waals surface area contributed by atoms with Crippen LogP contribution in [0, 0.1) is 0 Å². The molecule has 0 fully saturated rings. The van der Waals surface area contributed by atoms with E-state index in [0.29, 0.717) is 5.82 Å². The van der Waals surface area contributed by atoms with Crippen LogP contribution in [0.25, 0.3) is 0 Å². The number of anilines is 1. The number of aliphatic hydroxyl groups is 1. The maximum atomic E-state index is 8.84. The van der Waals surface area contributed by atoms with Gasteiger partial charge < -0.3 is 10.5 Å². The Bertz CT molecular complexity index is 227. The fourth-order valence-corrected chi connectivity index (χ4v) is 0.797. The van der Waals surface area contributed by atoms with E-state index in [2.05, 4.69) is 15.8 Å². The molecule has 0 aliphatic heterocycles. The number of aliphatic hydroxyl groups excluding tert-OH is 1. The van der Waals surface area contributed by atoms with Crippen molar-refractivity contribution in [3.63, 3.8) is 0 Å². The number of rotatable bonds is 3. The van der Waals surface area contributed by atoms with Gasteiger partial charge in [0.1, 0.15) is 5.82 Å². The standard InChI is InChI=1S/C7H11N3O/c1-8-10-7-6(5-11)3-2-4-9-7/h2-4,8,11H,5H2,1H3,(H,9,10). The van der Waals surface area contributed by atoms with Crippen LogP contribution in [-0.2, 0) is 6.61 Å². The van der Waals surface area contributed by atoms with Crippen molar-refractivity contribution in [2.45, 2.75) is 6.61 Å². The number of nitrogens with one attached hydrogen (secondary N) is 2. The Morgan fingerprint density at radius 3 is 3.09 bits per heavy atom. The molecule has 0 aliphatic rings. The molecule has 4 heteroatoms. The Balaban J connectivity index is 2.83. The summed E-state index contributed by atoms with van der Waals surface area (Å²) in [5.41, 5.74) is 6.32. The topological polar surface area (TPSA) is 57.2 Å². The third-order valence-electron chi connectivity index (χ3n) is 1.31. The number of nitrogens with zero attached hydrogens (tertiary/aromatic N) is 1. The molecule has 0 radical (unpaired) electrons. The summed E-state index contributed by atoms with van der Waals surface area (Å²) in [6, 6.07) is 3.60. The highest BCUT2D eigenvalue weighted by Gasteiger charge is 1.98. The van der Waals surface area contributed by atoms with Gasteiger partial charge in [0.15, 0.2) is 0 Å². The van der Waals surface area contributed by atoms with Crippen molar-refractivity contribution in [2.75, 3.05) is 12.5 Å². The zero-order valence-electron chi connectivity index (χ0n) is 6.33. The minimum atomic E-state index is -0.00213. The van der Waals surface area contributed by atoms with Crippen molar-refractivity contribution < 1.29 is 5.11 Å². The predicted molar refractivity (Wildman–Crippen MR) is 42.8 cm³/mol. The molecule has 0 unspecified atom stereocenters. The van der Waals surface area contributed by atoms with E-state index in [-0.39, 0.29) is 6.61 Å². The van der Waals surface area contributed by atoms with Gasteiger partial charge in [-0.25, -0.2) is 10.4 Å². The average molecular weight is 153 g/mol. The number of hydrazine groups is 1. The molecule has 3 N–H and O–H groups in total. The molecule has 0 saturated carbocycles. The third-order valence-corrected chi connectivity index (χ3v) is 1.31. The summed E-state index contributed by atoms with van der Waals surface area (Å²) in [5, 5.41) is 8.84. The highest BCUT2D eigenvalue weighted by molar-refractivity contribution is 5.41. The summed E-state index contributed by atoms with van der Waals surface area (Å²) in [6.07, 6.45) is 1.67. The van der Waals surface area contributed by atoms with E-state index in [9.17, 15) is 0 Å². The van der Waals surface area contributed by atoms with Crippen LogP contribution in [-0.4, -0.2) is 17.1 Å². The van der Waals surface area contributed by atoms with Crippen molar-refractivity contribution in [3.8, 4) is 0 Å². The Morgan fingerprint density at radius 1 is 1.64 bits per heavy atom. The normalized spacial score (nSPS) is 9.64. The molecule has 0 aliphatic carbocycles. The van der Waals surface area contributed by atoms with Crippen LogP contribution in [0.4, 0.5) is 5.82 Å². The lowest BCUT2D eigenvalue weighted by atomic mass is 10.3. The second-order valence-electron chi connectivity index (χ2n) is 2.04. The van der Waals surface area contributed by atoms with E-state index in [1.54, 1.807) is 19.3 Å².